The van der Waals surface area contributed by atoms with Crippen LogP contribution in [0.3, 0.4) is 0 Å². The van der Waals surface area contributed by atoms with E-state index in [1.165, 1.54) is 31.1 Å². The Bertz CT molecular complexity index is 439. The molecule has 2 atom stereocenters. The molecular formula is C15H28N2O2S. The van der Waals surface area contributed by atoms with Crippen molar-refractivity contribution >= 4 is 10.0 Å². The highest BCUT2D eigenvalue weighted by atomic mass is 32.2. The van der Waals surface area contributed by atoms with E-state index in [2.05, 4.69) is 18.3 Å². The number of rotatable bonds is 4. The van der Waals surface area contributed by atoms with Crippen LogP contribution in [0.1, 0.15) is 45.4 Å². The molecule has 0 radical (unpaired) electrons. The van der Waals surface area contributed by atoms with Gasteiger partial charge in [-0.1, -0.05) is 18.1 Å². The lowest BCUT2D eigenvalue weighted by atomic mass is 9.93. The maximum absolute atomic E-state index is 11.6. The van der Waals surface area contributed by atoms with Crippen LogP contribution in [-0.4, -0.2) is 44.7 Å². The maximum atomic E-state index is 11.6. The van der Waals surface area contributed by atoms with Gasteiger partial charge in [0.2, 0.25) is 10.0 Å². The summed E-state index contributed by atoms with van der Waals surface area (Å²) in [5, 5.41) is 3.57. The molecule has 2 aliphatic rings. The molecule has 2 unspecified atom stereocenters. The van der Waals surface area contributed by atoms with Crippen molar-refractivity contribution in [1.82, 2.24) is 9.62 Å². The smallest absolute Gasteiger partial charge is 0.211 e. The summed E-state index contributed by atoms with van der Waals surface area (Å²) in [4.78, 5) is 0. The summed E-state index contributed by atoms with van der Waals surface area (Å²) in [7, 11) is -3.03. The van der Waals surface area contributed by atoms with Crippen molar-refractivity contribution in [3.05, 3.63) is 11.6 Å². The SMILES string of the molecule is CC(=CC1CCCN(S(C)(=O)=O)C1)CC1CCCCN1. The van der Waals surface area contributed by atoms with Gasteiger partial charge in [-0.2, -0.15) is 0 Å². The molecule has 0 bridgehead atoms. The quantitative estimate of drug-likeness (QED) is 0.809. The lowest BCUT2D eigenvalue weighted by Crippen LogP contribution is -2.38. The Morgan fingerprint density at radius 3 is 2.75 bits per heavy atom. The Kier molecular flexibility index (Phi) is 5.64. The van der Waals surface area contributed by atoms with Gasteiger partial charge in [0.1, 0.15) is 0 Å². The number of nitrogens with one attached hydrogen (secondary N) is 1. The van der Waals surface area contributed by atoms with E-state index < -0.39 is 10.0 Å². The van der Waals surface area contributed by atoms with Gasteiger partial charge in [0.05, 0.1) is 6.26 Å². The fourth-order valence-corrected chi connectivity index (χ4v) is 4.29. The lowest BCUT2D eigenvalue weighted by Gasteiger charge is -2.30. The number of sulfonamides is 1. The van der Waals surface area contributed by atoms with Gasteiger partial charge in [-0.25, -0.2) is 12.7 Å². The average molecular weight is 300 g/mol. The van der Waals surface area contributed by atoms with Gasteiger partial charge in [0.25, 0.3) is 0 Å². The minimum Gasteiger partial charge on any atom is -0.314 e. The highest BCUT2D eigenvalue weighted by Crippen LogP contribution is 2.23. The number of piperidine rings is 2. The summed E-state index contributed by atoms with van der Waals surface area (Å²) in [6.07, 6.45) is 10.7. The summed E-state index contributed by atoms with van der Waals surface area (Å²) >= 11 is 0. The molecule has 2 fully saturated rings. The van der Waals surface area contributed by atoms with Crippen molar-refractivity contribution in [3.63, 3.8) is 0 Å². The minimum atomic E-state index is -3.03. The molecule has 5 heteroatoms. The molecule has 0 aliphatic carbocycles. The maximum Gasteiger partial charge on any atom is 0.211 e. The molecule has 2 aliphatic heterocycles. The molecule has 116 valence electrons. The van der Waals surface area contributed by atoms with E-state index in [-0.39, 0.29) is 0 Å². The summed E-state index contributed by atoms with van der Waals surface area (Å²) in [5.41, 5.74) is 1.41. The predicted molar refractivity (Wildman–Crippen MR) is 83.2 cm³/mol. The van der Waals surface area contributed by atoms with Crippen molar-refractivity contribution in [2.75, 3.05) is 25.9 Å². The second kappa shape index (κ2) is 7.05. The first-order valence-electron chi connectivity index (χ1n) is 7.81. The van der Waals surface area contributed by atoms with Gasteiger partial charge < -0.3 is 5.32 Å². The van der Waals surface area contributed by atoms with E-state index in [0.717, 1.165) is 25.8 Å². The Morgan fingerprint density at radius 1 is 1.30 bits per heavy atom. The Morgan fingerprint density at radius 2 is 2.10 bits per heavy atom. The molecule has 2 rings (SSSR count). The van der Waals surface area contributed by atoms with Crippen molar-refractivity contribution in [1.29, 1.82) is 0 Å². The third-order valence-electron chi connectivity index (χ3n) is 4.39. The Hall–Kier alpha value is -0.390. The first-order chi connectivity index (χ1) is 9.45. The zero-order valence-corrected chi connectivity index (χ0v) is 13.6. The summed E-state index contributed by atoms with van der Waals surface area (Å²) in [6.45, 7) is 4.68. The van der Waals surface area contributed by atoms with Crippen LogP contribution in [0, 0.1) is 5.92 Å². The highest BCUT2D eigenvalue weighted by Gasteiger charge is 2.24. The van der Waals surface area contributed by atoms with E-state index in [0.29, 0.717) is 25.0 Å². The van der Waals surface area contributed by atoms with Gasteiger partial charge in [0, 0.05) is 19.1 Å². The van der Waals surface area contributed by atoms with E-state index in [1.807, 2.05) is 0 Å². The molecular weight excluding hydrogens is 272 g/mol. The van der Waals surface area contributed by atoms with E-state index in [4.69, 9.17) is 0 Å². The van der Waals surface area contributed by atoms with Crippen molar-refractivity contribution in [2.45, 2.75) is 51.5 Å². The first-order valence-corrected chi connectivity index (χ1v) is 9.66. The number of hydrogen-bond acceptors (Lipinski definition) is 3. The van der Waals surface area contributed by atoms with E-state index in [9.17, 15) is 8.42 Å². The van der Waals surface area contributed by atoms with E-state index in [1.54, 1.807) is 4.31 Å². The standard InChI is InChI=1S/C15H28N2O2S/c1-13(11-15-7-3-4-8-16-15)10-14-6-5-9-17(12-14)20(2,18)19/h10,14-16H,3-9,11-12H2,1-2H3. The van der Waals surface area contributed by atoms with Crippen molar-refractivity contribution in [3.8, 4) is 0 Å². The van der Waals surface area contributed by atoms with Crippen LogP contribution in [0.25, 0.3) is 0 Å². The monoisotopic (exact) mass is 300 g/mol. The number of nitrogens with zero attached hydrogens (tertiary/aromatic N) is 1. The van der Waals surface area contributed by atoms with Crippen LogP contribution >= 0.6 is 0 Å². The van der Waals surface area contributed by atoms with Crippen molar-refractivity contribution < 1.29 is 8.42 Å². The van der Waals surface area contributed by atoms with Crippen molar-refractivity contribution in [2.24, 2.45) is 5.92 Å². The van der Waals surface area contributed by atoms with Crippen LogP contribution in [0.2, 0.25) is 0 Å². The van der Waals surface area contributed by atoms with Crippen LogP contribution in [-0.2, 0) is 10.0 Å². The molecule has 0 saturated carbocycles. The topological polar surface area (TPSA) is 49.4 Å². The molecule has 20 heavy (non-hydrogen) atoms. The van der Waals surface area contributed by atoms with Gasteiger partial charge in [-0.3, -0.25) is 0 Å². The molecule has 0 aromatic rings. The van der Waals surface area contributed by atoms with Gasteiger partial charge in [-0.05, 0) is 51.5 Å². The summed E-state index contributed by atoms with van der Waals surface area (Å²) in [6, 6.07) is 0.620. The second-order valence-electron chi connectivity index (χ2n) is 6.39. The third-order valence-corrected chi connectivity index (χ3v) is 5.66. The summed E-state index contributed by atoms with van der Waals surface area (Å²) in [5.74, 6) is 0.391. The first kappa shape index (κ1) is 16.0. The zero-order valence-electron chi connectivity index (χ0n) is 12.8. The van der Waals surface area contributed by atoms with Gasteiger partial charge in [-0.15, -0.1) is 0 Å². The fraction of sp³-hybridized carbons (Fsp3) is 0.867. The zero-order chi connectivity index (χ0) is 14.6. The molecule has 0 aromatic heterocycles. The molecule has 2 heterocycles. The third kappa shape index (κ3) is 4.86. The lowest BCUT2D eigenvalue weighted by molar-refractivity contribution is 0.301. The Labute approximate surface area is 123 Å². The van der Waals surface area contributed by atoms with Gasteiger partial charge >= 0.3 is 0 Å². The second-order valence-corrected chi connectivity index (χ2v) is 8.37. The fourth-order valence-electron chi connectivity index (χ4n) is 3.37. The minimum absolute atomic E-state index is 0.391. The summed E-state index contributed by atoms with van der Waals surface area (Å²) < 4.78 is 24.9. The molecule has 0 spiro atoms. The Balaban J connectivity index is 1.88. The van der Waals surface area contributed by atoms with Crippen LogP contribution in [0.4, 0.5) is 0 Å². The van der Waals surface area contributed by atoms with E-state index >= 15 is 0 Å². The normalized spacial score (nSPS) is 30.4. The molecule has 2 saturated heterocycles. The number of hydrogen-bond donors (Lipinski definition) is 1. The molecule has 0 aromatic carbocycles. The highest BCUT2D eigenvalue weighted by molar-refractivity contribution is 7.88. The molecule has 1 N–H and O–H groups in total. The molecule has 0 amide bonds. The average Bonchev–Trinajstić information content (AvgIpc) is 2.39. The molecule has 4 nitrogen and oxygen atoms in total. The largest absolute Gasteiger partial charge is 0.314 e. The van der Waals surface area contributed by atoms with Crippen LogP contribution in [0.5, 0.6) is 0 Å². The van der Waals surface area contributed by atoms with Crippen LogP contribution < -0.4 is 5.32 Å². The predicted octanol–water partition coefficient (Wildman–Crippen LogP) is 2.14. The van der Waals surface area contributed by atoms with Crippen LogP contribution in [0.15, 0.2) is 11.6 Å². The van der Waals surface area contributed by atoms with Gasteiger partial charge in [0.15, 0.2) is 0 Å².